The lowest BCUT2D eigenvalue weighted by Gasteiger charge is -2.15. The first-order chi connectivity index (χ1) is 17.3. The quantitative estimate of drug-likeness (QED) is 0.541. The third kappa shape index (κ3) is 7.40. The zero-order valence-electron chi connectivity index (χ0n) is 21.8. The molecule has 2 N–H and O–H groups in total. The standard InChI is InChI=1S/C27H38N4O5/c1-5-22-24-23(11-7-13-35-14-8-12-28-26(24)33)31(30-22)16-19(4)17-36-27(34)21-10-6-9-20(15-21)25(32)29-18(2)3/h6,9-10,15,18-19H,5,7-8,11-14,16-17H2,1-4H3,(H,28,33)(H,29,32)/t19-/m1/s1. The lowest BCUT2D eigenvalue weighted by molar-refractivity contribution is 0.0435. The Labute approximate surface area is 212 Å². The minimum absolute atomic E-state index is 0.000707. The van der Waals surface area contributed by atoms with Gasteiger partial charge in [-0.25, -0.2) is 4.79 Å². The van der Waals surface area contributed by atoms with Crippen molar-refractivity contribution < 1.29 is 23.9 Å². The van der Waals surface area contributed by atoms with E-state index in [4.69, 9.17) is 14.6 Å². The van der Waals surface area contributed by atoms with Crippen molar-refractivity contribution in [3.05, 3.63) is 52.3 Å². The van der Waals surface area contributed by atoms with Crippen molar-refractivity contribution in [2.24, 2.45) is 5.92 Å². The number of aryl methyl sites for hydroxylation is 1. The number of nitrogens with one attached hydrogen (secondary N) is 2. The molecule has 1 aromatic carbocycles. The van der Waals surface area contributed by atoms with Gasteiger partial charge in [0.2, 0.25) is 0 Å². The first-order valence-electron chi connectivity index (χ1n) is 12.8. The fourth-order valence-electron chi connectivity index (χ4n) is 4.16. The molecular formula is C27H38N4O5. The third-order valence-corrected chi connectivity index (χ3v) is 5.91. The summed E-state index contributed by atoms with van der Waals surface area (Å²) in [6.45, 7) is 10.3. The summed E-state index contributed by atoms with van der Waals surface area (Å²) in [6, 6.07) is 6.52. The molecule has 0 unspecified atom stereocenters. The van der Waals surface area contributed by atoms with Crippen molar-refractivity contribution in [1.29, 1.82) is 0 Å². The molecule has 0 spiro atoms. The summed E-state index contributed by atoms with van der Waals surface area (Å²) in [7, 11) is 0. The maximum atomic E-state index is 12.9. The highest BCUT2D eigenvalue weighted by Crippen LogP contribution is 2.20. The van der Waals surface area contributed by atoms with Gasteiger partial charge < -0.3 is 20.1 Å². The summed E-state index contributed by atoms with van der Waals surface area (Å²) >= 11 is 0. The van der Waals surface area contributed by atoms with Crippen LogP contribution >= 0.6 is 0 Å². The molecule has 196 valence electrons. The predicted octanol–water partition coefficient (Wildman–Crippen LogP) is 3.16. The molecule has 0 radical (unpaired) electrons. The lowest BCUT2D eigenvalue weighted by atomic mass is 10.1. The molecule has 2 aromatic rings. The van der Waals surface area contributed by atoms with Crippen LogP contribution < -0.4 is 10.6 Å². The first-order valence-corrected chi connectivity index (χ1v) is 12.8. The molecule has 9 nitrogen and oxygen atoms in total. The van der Waals surface area contributed by atoms with Crippen LogP contribution in [0.1, 0.15) is 83.0 Å². The number of aromatic nitrogens is 2. The van der Waals surface area contributed by atoms with E-state index in [0.717, 1.165) is 24.2 Å². The molecule has 36 heavy (non-hydrogen) atoms. The number of benzene rings is 1. The number of esters is 1. The van der Waals surface area contributed by atoms with Crippen molar-refractivity contribution in [1.82, 2.24) is 20.4 Å². The second-order valence-corrected chi connectivity index (χ2v) is 9.54. The Morgan fingerprint density at radius 2 is 1.94 bits per heavy atom. The molecule has 0 aliphatic carbocycles. The number of carbonyl (C=O) groups is 3. The maximum absolute atomic E-state index is 12.9. The fraction of sp³-hybridized carbons (Fsp3) is 0.556. The van der Waals surface area contributed by atoms with Crippen LogP contribution in [0, 0.1) is 5.92 Å². The minimum Gasteiger partial charge on any atom is -0.462 e. The van der Waals surface area contributed by atoms with Crippen LogP contribution in [-0.2, 0) is 28.9 Å². The van der Waals surface area contributed by atoms with Crippen LogP contribution in [0.15, 0.2) is 24.3 Å². The molecule has 0 bridgehead atoms. The molecule has 0 fully saturated rings. The Morgan fingerprint density at radius 1 is 1.19 bits per heavy atom. The molecule has 1 aliphatic rings. The topological polar surface area (TPSA) is 112 Å². The van der Waals surface area contributed by atoms with Gasteiger partial charge in [-0.15, -0.1) is 0 Å². The Morgan fingerprint density at radius 3 is 2.69 bits per heavy atom. The number of rotatable bonds is 8. The maximum Gasteiger partial charge on any atom is 0.338 e. The highest BCUT2D eigenvalue weighted by molar-refractivity contribution is 5.98. The second kappa shape index (κ2) is 13.2. The van der Waals surface area contributed by atoms with Gasteiger partial charge in [-0.05, 0) is 57.7 Å². The average molecular weight is 499 g/mol. The Kier molecular flexibility index (Phi) is 10.0. The van der Waals surface area contributed by atoms with Gasteiger partial charge in [-0.3, -0.25) is 14.3 Å². The number of hydrogen-bond donors (Lipinski definition) is 2. The van der Waals surface area contributed by atoms with E-state index in [1.54, 1.807) is 24.3 Å². The average Bonchev–Trinajstić information content (AvgIpc) is 3.18. The molecule has 0 saturated heterocycles. The van der Waals surface area contributed by atoms with Crippen molar-refractivity contribution >= 4 is 17.8 Å². The molecule has 1 atom stereocenters. The number of carbonyl (C=O) groups excluding carboxylic acids is 3. The van der Waals surface area contributed by atoms with Gasteiger partial charge >= 0.3 is 5.97 Å². The zero-order valence-corrected chi connectivity index (χ0v) is 21.8. The molecular weight excluding hydrogens is 460 g/mol. The van der Waals surface area contributed by atoms with Gasteiger partial charge in [0.1, 0.15) is 0 Å². The van der Waals surface area contributed by atoms with Gasteiger partial charge in [0.05, 0.1) is 29.1 Å². The molecule has 1 aliphatic heterocycles. The van der Waals surface area contributed by atoms with Gasteiger partial charge in [0.25, 0.3) is 11.8 Å². The Bertz CT molecular complexity index is 1060. The zero-order chi connectivity index (χ0) is 26.1. The van der Waals surface area contributed by atoms with Crippen LogP contribution in [0.4, 0.5) is 0 Å². The summed E-state index contributed by atoms with van der Waals surface area (Å²) in [5, 5.41) is 10.5. The van der Waals surface area contributed by atoms with Gasteiger partial charge in [0, 0.05) is 43.8 Å². The highest BCUT2D eigenvalue weighted by Gasteiger charge is 2.24. The summed E-state index contributed by atoms with van der Waals surface area (Å²) in [4.78, 5) is 37.8. The predicted molar refractivity (Wildman–Crippen MR) is 136 cm³/mol. The van der Waals surface area contributed by atoms with Crippen LogP contribution in [0.3, 0.4) is 0 Å². The molecule has 2 heterocycles. The summed E-state index contributed by atoms with van der Waals surface area (Å²) in [6.07, 6.45) is 2.93. The molecule has 9 heteroatoms. The van der Waals surface area contributed by atoms with Crippen molar-refractivity contribution in [2.45, 2.75) is 66.0 Å². The number of amides is 2. The molecule has 3 rings (SSSR count). The highest BCUT2D eigenvalue weighted by atomic mass is 16.5. The van der Waals surface area contributed by atoms with Crippen molar-refractivity contribution in [3.8, 4) is 0 Å². The normalized spacial score (nSPS) is 15.4. The van der Waals surface area contributed by atoms with Crippen molar-refractivity contribution in [3.63, 3.8) is 0 Å². The van der Waals surface area contributed by atoms with Crippen LogP contribution in [0.5, 0.6) is 0 Å². The summed E-state index contributed by atoms with van der Waals surface area (Å²) in [5.41, 5.74) is 3.09. The second-order valence-electron chi connectivity index (χ2n) is 9.54. The number of hydrogen-bond acceptors (Lipinski definition) is 6. The summed E-state index contributed by atoms with van der Waals surface area (Å²) in [5.74, 6) is -0.832. The fourth-order valence-corrected chi connectivity index (χ4v) is 4.16. The van der Waals surface area contributed by atoms with Crippen LogP contribution in [0.2, 0.25) is 0 Å². The van der Waals surface area contributed by atoms with Gasteiger partial charge in [-0.2, -0.15) is 5.10 Å². The molecule has 0 saturated carbocycles. The largest absolute Gasteiger partial charge is 0.462 e. The SMILES string of the molecule is CCc1nn(C[C@@H](C)COC(=O)c2cccc(C(=O)NC(C)C)c2)c2c1C(=O)NCCCOCCC2. The van der Waals surface area contributed by atoms with E-state index < -0.39 is 5.97 Å². The van der Waals surface area contributed by atoms with E-state index in [9.17, 15) is 14.4 Å². The Balaban J connectivity index is 1.67. The van der Waals surface area contributed by atoms with Gasteiger partial charge in [-0.1, -0.05) is 19.9 Å². The van der Waals surface area contributed by atoms with E-state index in [0.29, 0.717) is 55.8 Å². The number of nitrogens with zero attached hydrogens (tertiary/aromatic N) is 2. The van der Waals surface area contributed by atoms with Crippen LogP contribution in [-0.4, -0.2) is 60.0 Å². The molecule has 1 aromatic heterocycles. The minimum atomic E-state index is -0.480. The van der Waals surface area contributed by atoms with Crippen molar-refractivity contribution in [2.75, 3.05) is 26.4 Å². The van der Waals surface area contributed by atoms with Crippen LogP contribution in [0.25, 0.3) is 0 Å². The third-order valence-electron chi connectivity index (χ3n) is 5.91. The van der Waals surface area contributed by atoms with E-state index in [-0.39, 0.29) is 30.4 Å². The number of ether oxygens (including phenoxy) is 2. The monoisotopic (exact) mass is 498 g/mol. The summed E-state index contributed by atoms with van der Waals surface area (Å²) < 4.78 is 13.1. The van der Waals surface area contributed by atoms with E-state index in [1.165, 1.54) is 0 Å². The smallest absolute Gasteiger partial charge is 0.338 e. The van der Waals surface area contributed by atoms with E-state index in [2.05, 4.69) is 10.6 Å². The Hall–Kier alpha value is -3.20. The van der Waals surface area contributed by atoms with E-state index in [1.807, 2.05) is 32.4 Å². The molecule has 2 amide bonds. The lowest BCUT2D eigenvalue weighted by Crippen LogP contribution is -2.30. The first kappa shape index (κ1) is 27.4. The number of fused-ring (bicyclic) bond motifs is 1. The van der Waals surface area contributed by atoms with E-state index >= 15 is 0 Å². The van der Waals surface area contributed by atoms with Gasteiger partial charge in [0.15, 0.2) is 0 Å².